The summed E-state index contributed by atoms with van der Waals surface area (Å²) in [6, 6.07) is 7.65. The van der Waals surface area contributed by atoms with Crippen LogP contribution in [0.15, 0.2) is 41.4 Å². The third-order valence-corrected chi connectivity index (χ3v) is 3.35. The Kier molecular flexibility index (Phi) is 7.94. The Labute approximate surface area is 148 Å². The van der Waals surface area contributed by atoms with E-state index in [9.17, 15) is 4.79 Å². The summed E-state index contributed by atoms with van der Waals surface area (Å²) in [5.74, 6) is 0.416. The van der Waals surface area contributed by atoms with Crippen molar-refractivity contribution in [3.05, 3.63) is 47.5 Å². The molecule has 0 saturated heterocycles. The van der Waals surface area contributed by atoms with Gasteiger partial charge in [0, 0.05) is 18.2 Å². The number of nitrogens with two attached hydrogens (primary N) is 1. The molecule has 1 aromatic carbocycles. The van der Waals surface area contributed by atoms with E-state index < -0.39 is 5.91 Å². The van der Waals surface area contributed by atoms with Gasteiger partial charge in [0.1, 0.15) is 0 Å². The van der Waals surface area contributed by atoms with Crippen molar-refractivity contribution in [3.63, 3.8) is 0 Å². The van der Waals surface area contributed by atoms with Gasteiger partial charge in [-0.3, -0.25) is 4.79 Å². The fraction of sp³-hybridized carbons (Fsp3) is 0.375. The minimum atomic E-state index is -0.409. The number of halogens is 1. The van der Waals surface area contributed by atoms with Crippen LogP contribution in [0.25, 0.3) is 0 Å². The monoisotopic (exact) mass is 414 g/mol. The first-order valence-corrected chi connectivity index (χ1v) is 7.27. The molecular formula is C16H23IN4O. The quantitative estimate of drug-likeness (QED) is 0.299. The Hall–Kier alpha value is -1.57. The fourth-order valence-electron chi connectivity index (χ4n) is 2.19. The van der Waals surface area contributed by atoms with E-state index in [2.05, 4.69) is 27.8 Å². The van der Waals surface area contributed by atoms with Crippen LogP contribution in [0.2, 0.25) is 0 Å². The summed E-state index contributed by atoms with van der Waals surface area (Å²) in [6.45, 7) is 3.44. The van der Waals surface area contributed by atoms with Gasteiger partial charge in [-0.15, -0.1) is 24.0 Å². The average molecular weight is 414 g/mol. The normalized spacial score (nSPS) is 14.5. The van der Waals surface area contributed by atoms with Crippen molar-refractivity contribution in [1.29, 1.82) is 0 Å². The smallest absolute Gasteiger partial charge is 0.248 e. The van der Waals surface area contributed by atoms with Crippen LogP contribution in [0, 0.1) is 0 Å². The molecule has 1 amide bonds. The molecule has 0 fully saturated rings. The third-order valence-electron chi connectivity index (χ3n) is 3.35. The molecule has 1 aliphatic carbocycles. The Morgan fingerprint density at radius 1 is 1.27 bits per heavy atom. The standard InChI is InChI=1S/C16H22N4O.HI/c1-2-18-16(20-14-5-3-4-6-14)19-11-12-7-9-13(10-8-12)15(17)21;/h3-4,7-10,14H,2,5-6,11H2,1H3,(H2,17,21)(H2,18,19,20);1H. The number of primary amides is 1. The second-order valence-corrected chi connectivity index (χ2v) is 5.04. The molecule has 0 aromatic heterocycles. The van der Waals surface area contributed by atoms with Crippen molar-refractivity contribution in [2.45, 2.75) is 32.4 Å². The molecule has 4 N–H and O–H groups in total. The van der Waals surface area contributed by atoms with Crippen molar-refractivity contribution in [3.8, 4) is 0 Å². The molecule has 120 valence electrons. The molecule has 0 bridgehead atoms. The zero-order valence-corrected chi connectivity index (χ0v) is 15.0. The number of nitrogens with zero attached hydrogens (tertiary/aromatic N) is 1. The molecule has 2 rings (SSSR count). The van der Waals surface area contributed by atoms with Crippen LogP contribution in [0.5, 0.6) is 0 Å². The van der Waals surface area contributed by atoms with Crippen LogP contribution < -0.4 is 16.4 Å². The highest BCUT2D eigenvalue weighted by Gasteiger charge is 2.11. The van der Waals surface area contributed by atoms with Gasteiger partial charge in [0.25, 0.3) is 0 Å². The number of hydrogen-bond acceptors (Lipinski definition) is 2. The van der Waals surface area contributed by atoms with E-state index in [0.717, 1.165) is 30.9 Å². The molecule has 0 aliphatic heterocycles. The molecule has 0 heterocycles. The SMILES string of the molecule is CCNC(=NCc1ccc(C(N)=O)cc1)NC1CC=CC1.I. The van der Waals surface area contributed by atoms with Gasteiger partial charge in [-0.25, -0.2) is 4.99 Å². The number of rotatable bonds is 5. The van der Waals surface area contributed by atoms with Crippen molar-refractivity contribution in [2.75, 3.05) is 6.54 Å². The highest BCUT2D eigenvalue weighted by molar-refractivity contribution is 14.0. The zero-order valence-electron chi connectivity index (χ0n) is 12.7. The Bertz CT molecular complexity index is 532. The highest BCUT2D eigenvalue weighted by Crippen LogP contribution is 2.09. The maximum absolute atomic E-state index is 11.0. The molecular weight excluding hydrogens is 391 g/mol. The van der Waals surface area contributed by atoms with Crippen LogP contribution >= 0.6 is 24.0 Å². The van der Waals surface area contributed by atoms with Crippen LogP contribution in [0.4, 0.5) is 0 Å². The van der Waals surface area contributed by atoms with Crippen molar-refractivity contribution in [2.24, 2.45) is 10.7 Å². The van der Waals surface area contributed by atoms with E-state index in [-0.39, 0.29) is 24.0 Å². The average Bonchev–Trinajstić information content (AvgIpc) is 2.98. The van der Waals surface area contributed by atoms with Gasteiger partial charge < -0.3 is 16.4 Å². The molecule has 1 aliphatic rings. The molecule has 0 atom stereocenters. The van der Waals surface area contributed by atoms with Crippen LogP contribution in [0.1, 0.15) is 35.7 Å². The predicted molar refractivity (Wildman–Crippen MR) is 100 cm³/mol. The molecule has 22 heavy (non-hydrogen) atoms. The summed E-state index contributed by atoms with van der Waals surface area (Å²) in [6.07, 6.45) is 6.45. The number of aliphatic imine (C=N–C) groups is 1. The lowest BCUT2D eigenvalue weighted by Crippen LogP contribution is -2.42. The van der Waals surface area contributed by atoms with E-state index >= 15 is 0 Å². The minimum Gasteiger partial charge on any atom is -0.366 e. The van der Waals surface area contributed by atoms with Crippen molar-refractivity contribution in [1.82, 2.24) is 10.6 Å². The van der Waals surface area contributed by atoms with Gasteiger partial charge in [-0.1, -0.05) is 24.3 Å². The summed E-state index contributed by atoms with van der Waals surface area (Å²) in [5.41, 5.74) is 6.79. The van der Waals surface area contributed by atoms with Crippen molar-refractivity contribution >= 4 is 35.8 Å². The number of guanidine groups is 1. The lowest BCUT2D eigenvalue weighted by molar-refractivity contribution is 0.100. The number of nitrogens with one attached hydrogen (secondary N) is 2. The third kappa shape index (κ3) is 5.67. The maximum Gasteiger partial charge on any atom is 0.248 e. The number of benzene rings is 1. The van der Waals surface area contributed by atoms with Crippen LogP contribution in [-0.4, -0.2) is 24.5 Å². The largest absolute Gasteiger partial charge is 0.366 e. The maximum atomic E-state index is 11.0. The van der Waals surface area contributed by atoms with Gasteiger partial charge in [0.05, 0.1) is 6.54 Å². The zero-order chi connectivity index (χ0) is 15.1. The van der Waals surface area contributed by atoms with Crippen LogP contribution in [-0.2, 0) is 6.54 Å². The van der Waals surface area contributed by atoms with E-state index in [1.807, 2.05) is 19.1 Å². The summed E-state index contributed by atoms with van der Waals surface area (Å²) >= 11 is 0. The number of amides is 1. The molecule has 1 aromatic rings. The number of hydrogen-bond donors (Lipinski definition) is 3. The fourth-order valence-corrected chi connectivity index (χ4v) is 2.19. The predicted octanol–water partition coefficient (Wildman–Crippen LogP) is 2.18. The molecule has 0 radical (unpaired) electrons. The second-order valence-electron chi connectivity index (χ2n) is 5.04. The molecule has 5 nitrogen and oxygen atoms in total. The Morgan fingerprint density at radius 3 is 2.45 bits per heavy atom. The van der Waals surface area contributed by atoms with E-state index in [0.29, 0.717) is 18.2 Å². The first-order valence-electron chi connectivity index (χ1n) is 7.27. The van der Waals surface area contributed by atoms with Gasteiger partial charge in [0.15, 0.2) is 5.96 Å². The molecule has 0 unspecified atom stereocenters. The summed E-state index contributed by atoms with van der Waals surface area (Å²) in [5, 5.41) is 6.67. The molecule has 0 saturated carbocycles. The topological polar surface area (TPSA) is 79.5 Å². The van der Waals surface area contributed by atoms with Gasteiger partial charge in [-0.05, 0) is 37.5 Å². The second kappa shape index (κ2) is 9.45. The minimum absolute atomic E-state index is 0. The number of carbonyl (C=O) groups is 1. The first kappa shape index (κ1) is 18.5. The Morgan fingerprint density at radius 2 is 1.91 bits per heavy atom. The van der Waals surface area contributed by atoms with Crippen LogP contribution in [0.3, 0.4) is 0 Å². The Balaban J connectivity index is 0.00000242. The van der Waals surface area contributed by atoms with E-state index in [1.54, 1.807) is 12.1 Å². The highest BCUT2D eigenvalue weighted by atomic mass is 127. The number of carbonyl (C=O) groups excluding carboxylic acids is 1. The van der Waals surface area contributed by atoms with Gasteiger partial charge in [-0.2, -0.15) is 0 Å². The summed E-state index contributed by atoms with van der Waals surface area (Å²) < 4.78 is 0. The first-order chi connectivity index (χ1) is 10.2. The molecule has 0 spiro atoms. The van der Waals surface area contributed by atoms with Gasteiger partial charge >= 0.3 is 0 Å². The lowest BCUT2D eigenvalue weighted by Gasteiger charge is -2.16. The summed E-state index contributed by atoms with van der Waals surface area (Å²) in [7, 11) is 0. The van der Waals surface area contributed by atoms with E-state index in [1.165, 1.54) is 0 Å². The summed E-state index contributed by atoms with van der Waals surface area (Å²) in [4.78, 5) is 15.6. The molecule has 6 heteroatoms. The lowest BCUT2D eigenvalue weighted by atomic mass is 10.1. The van der Waals surface area contributed by atoms with Gasteiger partial charge in [0.2, 0.25) is 5.91 Å². The van der Waals surface area contributed by atoms with E-state index in [4.69, 9.17) is 5.73 Å². The van der Waals surface area contributed by atoms with Crippen molar-refractivity contribution < 1.29 is 4.79 Å².